The van der Waals surface area contributed by atoms with Crippen LogP contribution < -0.4 is 10.6 Å². The summed E-state index contributed by atoms with van der Waals surface area (Å²) >= 11 is 0. The van der Waals surface area contributed by atoms with Crippen LogP contribution in [0.2, 0.25) is 0 Å². The van der Waals surface area contributed by atoms with Crippen LogP contribution in [0.5, 0.6) is 0 Å². The molecule has 0 aromatic carbocycles. The lowest BCUT2D eigenvalue weighted by Gasteiger charge is -2.35. The summed E-state index contributed by atoms with van der Waals surface area (Å²) in [5.74, 6) is 0.127. The summed E-state index contributed by atoms with van der Waals surface area (Å²) in [5.41, 5.74) is -0.342. The van der Waals surface area contributed by atoms with Crippen LogP contribution in [0.25, 0.3) is 0 Å². The molecular weight excluding hydrogens is 268 g/mol. The highest BCUT2D eigenvalue weighted by Gasteiger charge is 2.39. The minimum absolute atomic E-state index is 0. The molecule has 0 bridgehead atoms. The number of hydrogen-bond donors (Lipinski definition) is 2. The zero-order valence-electron chi connectivity index (χ0n) is 12.0. The van der Waals surface area contributed by atoms with Crippen LogP contribution in [0.4, 0.5) is 0 Å². The Morgan fingerprint density at radius 1 is 1.37 bits per heavy atom. The Hall–Kier alpha value is -0.360. The fourth-order valence-electron chi connectivity index (χ4n) is 2.33. The van der Waals surface area contributed by atoms with Crippen LogP contribution in [-0.4, -0.2) is 52.5 Å². The molecule has 0 aromatic heterocycles. The molecule has 1 aliphatic heterocycles. The van der Waals surface area contributed by atoms with Gasteiger partial charge in [-0.2, -0.15) is 0 Å². The van der Waals surface area contributed by atoms with E-state index in [0.717, 1.165) is 39.0 Å². The third kappa shape index (κ3) is 6.08. The first kappa shape index (κ1) is 18.6. The maximum Gasteiger partial charge on any atom is 0.228 e. The highest BCUT2D eigenvalue weighted by Crippen LogP contribution is 2.29. The molecule has 1 amide bonds. The number of amides is 1. The van der Waals surface area contributed by atoms with Gasteiger partial charge in [-0.25, -0.2) is 0 Å². The molecule has 1 heterocycles. The van der Waals surface area contributed by atoms with Crippen LogP contribution in [0, 0.1) is 5.41 Å². The van der Waals surface area contributed by atoms with Crippen LogP contribution in [0.3, 0.4) is 0 Å². The zero-order valence-corrected chi connectivity index (χ0v) is 12.8. The molecule has 1 saturated heterocycles. The normalized spacial score (nSPS) is 17.6. The van der Waals surface area contributed by atoms with Crippen molar-refractivity contribution in [1.29, 1.82) is 0 Å². The lowest BCUT2D eigenvalue weighted by Crippen LogP contribution is -2.50. The van der Waals surface area contributed by atoms with Crippen molar-refractivity contribution in [3.8, 4) is 0 Å². The monoisotopic (exact) mass is 294 g/mol. The smallest absolute Gasteiger partial charge is 0.228 e. The van der Waals surface area contributed by atoms with Crippen molar-refractivity contribution in [1.82, 2.24) is 10.6 Å². The third-order valence-electron chi connectivity index (χ3n) is 3.42. The summed E-state index contributed by atoms with van der Waals surface area (Å²) in [6, 6.07) is 0. The van der Waals surface area contributed by atoms with E-state index in [4.69, 9.17) is 9.47 Å². The lowest BCUT2D eigenvalue weighted by molar-refractivity contribution is -0.136. The van der Waals surface area contributed by atoms with Crippen molar-refractivity contribution in [3.05, 3.63) is 0 Å². The SMILES string of the molecule is CCOCCCNC(=O)C1(COC)CCNCC1.Cl. The van der Waals surface area contributed by atoms with E-state index >= 15 is 0 Å². The highest BCUT2D eigenvalue weighted by molar-refractivity contribution is 5.85. The van der Waals surface area contributed by atoms with Crippen LogP contribution in [-0.2, 0) is 14.3 Å². The van der Waals surface area contributed by atoms with Gasteiger partial charge in [-0.3, -0.25) is 4.79 Å². The molecule has 2 N–H and O–H groups in total. The van der Waals surface area contributed by atoms with E-state index in [1.165, 1.54) is 0 Å². The summed E-state index contributed by atoms with van der Waals surface area (Å²) in [7, 11) is 1.66. The third-order valence-corrected chi connectivity index (χ3v) is 3.42. The highest BCUT2D eigenvalue weighted by atomic mass is 35.5. The van der Waals surface area contributed by atoms with Gasteiger partial charge in [0.15, 0.2) is 0 Å². The first-order chi connectivity index (χ1) is 8.75. The van der Waals surface area contributed by atoms with Crippen molar-refractivity contribution in [3.63, 3.8) is 0 Å². The predicted octanol–water partition coefficient (Wildman–Crippen LogP) is 0.967. The molecule has 0 atom stereocenters. The van der Waals surface area contributed by atoms with Gasteiger partial charge in [-0.15, -0.1) is 12.4 Å². The number of methoxy groups -OCH3 is 1. The van der Waals surface area contributed by atoms with Crippen molar-refractivity contribution in [2.75, 3.05) is 46.6 Å². The number of nitrogens with one attached hydrogen (secondary N) is 2. The average Bonchev–Trinajstić information content (AvgIpc) is 2.39. The van der Waals surface area contributed by atoms with Gasteiger partial charge in [0, 0.05) is 26.9 Å². The Labute approximate surface area is 122 Å². The average molecular weight is 295 g/mol. The Morgan fingerprint density at radius 3 is 2.63 bits per heavy atom. The van der Waals surface area contributed by atoms with Crippen LogP contribution >= 0.6 is 12.4 Å². The maximum absolute atomic E-state index is 12.3. The second-order valence-corrected chi connectivity index (χ2v) is 4.77. The van der Waals surface area contributed by atoms with Gasteiger partial charge in [-0.05, 0) is 39.3 Å². The first-order valence-corrected chi connectivity index (χ1v) is 6.81. The molecule has 0 radical (unpaired) electrons. The summed E-state index contributed by atoms with van der Waals surface area (Å²) in [6.45, 7) is 6.36. The molecule has 0 unspecified atom stereocenters. The van der Waals surface area contributed by atoms with Gasteiger partial charge in [-0.1, -0.05) is 0 Å². The van der Waals surface area contributed by atoms with E-state index in [2.05, 4.69) is 10.6 Å². The zero-order chi connectivity index (χ0) is 13.3. The van der Waals surface area contributed by atoms with E-state index in [-0.39, 0.29) is 23.7 Å². The van der Waals surface area contributed by atoms with Crippen LogP contribution in [0.1, 0.15) is 26.2 Å². The second kappa shape index (κ2) is 10.4. The Bertz CT molecular complexity index is 241. The van der Waals surface area contributed by atoms with Crippen molar-refractivity contribution in [2.45, 2.75) is 26.2 Å². The molecular formula is C13H27ClN2O3. The van der Waals surface area contributed by atoms with Gasteiger partial charge in [0.2, 0.25) is 5.91 Å². The number of carbonyl (C=O) groups is 1. The minimum Gasteiger partial charge on any atom is -0.384 e. The Morgan fingerprint density at radius 2 is 2.05 bits per heavy atom. The summed E-state index contributed by atoms with van der Waals surface area (Å²) in [6.07, 6.45) is 2.55. The first-order valence-electron chi connectivity index (χ1n) is 6.81. The quantitative estimate of drug-likeness (QED) is 0.655. The molecule has 1 rings (SSSR count). The van der Waals surface area contributed by atoms with Gasteiger partial charge >= 0.3 is 0 Å². The maximum atomic E-state index is 12.3. The summed E-state index contributed by atoms with van der Waals surface area (Å²) in [4.78, 5) is 12.3. The number of halogens is 1. The van der Waals surface area contributed by atoms with Gasteiger partial charge in [0.1, 0.15) is 0 Å². The number of piperidine rings is 1. The Kier molecular flexibility index (Phi) is 10.2. The predicted molar refractivity (Wildman–Crippen MR) is 77.8 cm³/mol. The fourth-order valence-corrected chi connectivity index (χ4v) is 2.33. The molecule has 1 aliphatic rings. The molecule has 0 aliphatic carbocycles. The van der Waals surface area contributed by atoms with Crippen molar-refractivity contribution in [2.24, 2.45) is 5.41 Å². The molecule has 19 heavy (non-hydrogen) atoms. The molecule has 1 fully saturated rings. The lowest BCUT2D eigenvalue weighted by atomic mass is 9.78. The number of rotatable bonds is 8. The second-order valence-electron chi connectivity index (χ2n) is 4.77. The largest absolute Gasteiger partial charge is 0.384 e. The van der Waals surface area contributed by atoms with E-state index in [0.29, 0.717) is 19.8 Å². The standard InChI is InChI=1S/C13H26N2O3.ClH/c1-3-18-10-4-7-15-12(16)13(11-17-2)5-8-14-9-6-13;/h14H,3-11H2,1-2H3,(H,15,16);1H. The molecule has 0 saturated carbocycles. The van der Waals surface area contributed by atoms with E-state index < -0.39 is 0 Å². The molecule has 5 nitrogen and oxygen atoms in total. The fraction of sp³-hybridized carbons (Fsp3) is 0.923. The van der Waals surface area contributed by atoms with Gasteiger partial charge in [0.05, 0.1) is 12.0 Å². The summed E-state index contributed by atoms with van der Waals surface area (Å²) < 4.78 is 10.5. The number of carbonyl (C=O) groups excluding carboxylic acids is 1. The topological polar surface area (TPSA) is 59.6 Å². The van der Waals surface area contributed by atoms with Gasteiger partial charge < -0.3 is 20.1 Å². The molecule has 0 aromatic rings. The van der Waals surface area contributed by atoms with Crippen LogP contribution in [0.15, 0.2) is 0 Å². The molecule has 0 spiro atoms. The van der Waals surface area contributed by atoms with E-state index in [1.807, 2.05) is 6.92 Å². The minimum atomic E-state index is -0.342. The van der Waals surface area contributed by atoms with Crippen molar-refractivity contribution < 1.29 is 14.3 Å². The van der Waals surface area contributed by atoms with E-state index in [1.54, 1.807) is 7.11 Å². The number of ether oxygens (including phenoxy) is 2. The number of hydrogen-bond acceptors (Lipinski definition) is 4. The molecule has 6 heteroatoms. The Balaban J connectivity index is 0.00000324. The van der Waals surface area contributed by atoms with E-state index in [9.17, 15) is 4.79 Å². The summed E-state index contributed by atoms with van der Waals surface area (Å²) in [5, 5.41) is 6.29. The van der Waals surface area contributed by atoms with Crippen molar-refractivity contribution >= 4 is 18.3 Å². The van der Waals surface area contributed by atoms with Gasteiger partial charge in [0.25, 0.3) is 0 Å². The molecule has 114 valence electrons.